The van der Waals surface area contributed by atoms with Gasteiger partial charge in [0.1, 0.15) is 5.84 Å². The molecule has 0 atom stereocenters. The van der Waals surface area contributed by atoms with Crippen LogP contribution in [-0.2, 0) is 23.2 Å². The summed E-state index contributed by atoms with van der Waals surface area (Å²) < 4.78 is 0. The van der Waals surface area contributed by atoms with E-state index in [0.29, 0.717) is 12.3 Å². The first-order valence-electron chi connectivity index (χ1n) is 9.78. The van der Waals surface area contributed by atoms with Gasteiger partial charge in [0.25, 0.3) is 0 Å². The van der Waals surface area contributed by atoms with E-state index in [2.05, 4.69) is 20.6 Å². The van der Waals surface area contributed by atoms with Crippen molar-refractivity contribution >= 4 is 29.2 Å². The summed E-state index contributed by atoms with van der Waals surface area (Å²) in [6.45, 7) is 1.75. The van der Waals surface area contributed by atoms with E-state index in [-0.39, 0.29) is 5.91 Å². The van der Waals surface area contributed by atoms with Crippen LogP contribution >= 0.6 is 0 Å². The minimum Gasteiger partial charge on any atom is -0.387 e. The first-order valence-corrected chi connectivity index (χ1v) is 9.78. The number of benzene rings is 1. The molecule has 1 aliphatic carbocycles. The number of aliphatic imine (C=N–C) groups is 1. The number of carbonyl (C=O) groups excluding carboxylic acids is 1. The number of anilines is 1. The zero-order valence-electron chi connectivity index (χ0n) is 15.7. The van der Waals surface area contributed by atoms with E-state index in [1.165, 1.54) is 0 Å². The number of hydrogen-bond acceptors (Lipinski definition) is 5. The van der Waals surface area contributed by atoms with Crippen LogP contribution in [0.5, 0.6) is 0 Å². The molecule has 0 radical (unpaired) electrons. The van der Waals surface area contributed by atoms with Crippen LogP contribution in [0.4, 0.5) is 11.4 Å². The Balaban J connectivity index is 1.41. The van der Waals surface area contributed by atoms with Crippen molar-refractivity contribution in [3.63, 3.8) is 0 Å². The fourth-order valence-corrected chi connectivity index (χ4v) is 4.02. The molecule has 6 heteroatoms. The Morgan fingerprint density at radius 3 is 3.00 bits per heavy atom. The van der Waals surface area contributed by atoms with Crippen LogP contribution in [0.25, 0.3) is 6.08 Å². The smallest absolute Gasteiger partial charge is 0.235 e. The van der Waals surface area contributed by atoms with Gasteiger partial charge in [0.15, 0.2) is 0 Å². The van der Waals surface area contributed by atoms with Crippen molar-refractivity contribution in [1.29, 1.82) is 0 Å². The number of rotatable bonds is 3. The zero-order chi connectivity index (χ0) is 19.1. The summed E-state index contributed by atoms with van der Waals surface area (Å²) in [5.41, 5.74) is 11.4. The second kappa shape index (κ2) is 6.56. The van der Waals surface area contributed by atoms with Gasteiger partial charge in [-0.3, -0.25) is 9.78 Å². The van der Waals surface area contributed by atoms with Gasteiger partial charge >= 0.3 is 0 Å². The molecular formula is C22H23N5O. The number of carbonyl (C=O) groups is 1. The fraction of sp³-hybridized carbons (Fsp3) is 0.318. The standard InChI is InChI=1S/C22H23N5O/c23-20-3-1-2-14-4-5-16(11-19(14)27-20)22(7-8-22)21(28)26-17-10-15-12-24-9-6-18(15)25-13-17/h1-2,4-5,10-11,13,24H,3,6-9,12H2,(H2,23,27)(H,26,28). The summed E-state index contributed by atoms with van der Waals surface area (Å²) in [5.74, 6) is 0.620. The summed E-state index contributed by atoms with van der Waals surface area (Å²) in [6.07, 6.45) is 9.08. The number of hydrogen-bond donors (Lipinski definition) is 3. The lowest BCUT2D eigenvalue weighted by molar-refractivity contribution is -0.118. The van der Waals surface area contributed by atoms with Crippen LogP contribution in [0.3, 0.4) is 0 Å². The van der Waals surface area contributed by atoms with Gasteiger partial charge < -0.3 is 16.4 Å². The summed E-state index contributed by atoms with van der Waals surface area (Å²) in [6, 6.07) is 8.12. The van der Waals surface area contributed by atoms with Crippen molar-refractivity contribution in [3.8, 4) is 0 Å². The summed E-state index contributed by atoms with van der Waals surface area (Å²) in [4.78, 5) is 22.2. The maximum Gasteiger partial charge on any atom is 0.235 e. The van der Waals surface area contributed by atoms with Crippen LogP contribution < -0.4 is 16.4 Å². The van der Waals surface area contributed by atoms with Gasteiger partial charge in [0, 0.05) is 31.6 Å². The van der Waals surface area contributed by atoms with E-state index in [1.54, 1.807) is 6.20 Å². The molecular weight excluding hydrogens is 350 g/mol. The third-order valence-electron chi connectivity index (χ3n) is 5.83. The molecule has 2 aromatic rings. The number of nitrogens with two attached hydrogens (primary N) is 1. The van der Waals surface area contributed by atoms with Crippen molar-refractivity contribution < 1.29 is 4.79 Å². The third kappa shape index (κ3) is 2.99. The van der Waals surface area contributed by atoms with Crippen molar-refractivity contribution in [2.75, 3.05) is 11.9 Å². The summed E-state index contributed by atoms with van der Waals surface area (Å²) in [7, 11) is 0. The van der Waals surface area contributed by atoms with Gasteiger partial charge in [0.05, 0.1) is 23.0 Å². The lowest BCUT2D eigenvalue weighted by Gasteiger charge is -2.19. The Morgan fingerprint density at radius 2 is 2.14 bits per heavy atom. The predicted octanol–water partition coefficient (Wildman–Crippen LogP) is 2.80. The second-order valence-electron chi connectivity index (χ2n) is 7.78. The molecule has 28 heavy (non-hydrogen) atoms. The molecule has 6 nitrogen and oxygen atoms in total. The normalized spacial score (nSPS) is 19.1. The molecule has 0 spiro atoms. The van der Waals surface area contributed by atoms with Gasteiger partial charge in [-0.05, 0) is 41.7 Å². The molecule has 1 fully saturated rings. The molecule has 1 saturated carbocycles. The van der Waals surface area contributed by atoms with E-state index in [9.17, 15) is 4.79 Å². The van der Waals surface area contributed by atoms with Crippen LogP contribution in [0.2, 0.25) is 0 Å². The molecule has 142 valence electrons. The number of amidine groups is 1. The van der Waals surface area contributed by atoms with Gasteiger partial charge in [-0.25, -0.2) is 4.99 Å². The van der Waals surface area contributed by atoms with Gasteiger partial charge in [-0.2, -0.15) is 0 Å². The molecule has 4 N–H and O–H groups in total. The zero-order valence-corrected chi connectivity index (χ0v) is 15.7. The van der Waals surface area contributed by atoms with Crippen molar-refractivity contribution in [1.82, 2.24) is 10.3 Å². The van der Waals surface area contributed by atoms with E-state index in [4.69, 9.17) is 5.73 Å². The molecule has 5 rings (SSSR count). The number of aromatic nitrogens is 1. The van der Waals surface area contributed by atoms with Crippen LogP contribution in [0.1, 0.15) is 41.6 Å². The van der Waals surface area contributed by atoms with Gasteiger partial charge in [-0.15, -0.1) is 0 Å². The molecule has 1 aromatic carbocycles. The highest BCUT2D eigenvalue weighted by Crippen LogP contribution is 2.50. The first-order chi connectivity index (χ1) is 13.6. The minimum atomic E-state index is -0.483. The number of pyridine rings is 1. The van der Waals surface area contributed by atoms with Gasteiger partial charge in [-0.1, -0.05) is 24.3 Å². The lowest BCUT2D eigenvalue weighted by Crippen LogP contribution is -2.29. The monoisotopic (exact) mass is 373 g/mol. The summed E-state index contributed by atoms with van der Waals surface area (Å²) >= 11 is 0. The number of fused-ring (bicyclic) bond motifs is 2. The Kier molecular flexibility index (Phi) is 4.02. The molecule has 2 aliphatic heterocycles. The van der Waals surface area contributed by atoms with E-state index >= 15 is 0 Å². The van der Waals surface area contributed by atoms with Crippen LogP contribution in [-0.4, -0.2) is 23.3 Å². The van der Waals surface area contributed by atoms with Crippen molar-refractivity contribution in [2.45, 2.75) is 37.6 Å². The molecule has 1 amide bonds. The molecule has 0 unspecified atom stereocenters. The Bertz CT molecular complexity index is 1020. The summed E-state index contributed by atoms with van der Waals surface area (Å²) in [5, 5.41) is 6.44. The highest BCUT2D eigenvalue weighted by Gasteiger charge is 2.51. The highest BCUT2D eigenvalue weighted by molar-refractivity contribution is 6.01. The molecule has 3 aliphatic rings. The van der Waals surface area contributed by atoms with E-state index < -0.39 is 5.41 Å². The largest absolute Gasteiger partial charge is 0.387 e. The number of amides is 1. The van der Waals surface area contributed by atoms with E-state index in [0.717, 1.165) is 66.1 Å². The second-order valence-corrected chi connectivity index (χ2v) is 7.78. The Labute approximate surface area is 164 Å². The first kappa shape index (κ1) is 17.1. The SMILES string of the molecule is NC1=Nc2cc(C3(C(=O)Nc4cnc5c(c4)CNCC5)CC3)ccc2C=CC1. The quantitative estimate of drug-likeness (QED) is 0.771. The maximum atomic E-state index is 13.1. The highest BCUT2D eigenvalue weighted by atomic mass is 16.2. The van der Waals surface area contributed by atoms with Gasteiger partial charge in [0.2, 0.25) is 5.91 Å². The van der Waals surface area contributed by atoms with Crippen LogP contribution in [0, 0.1) is 0 Å². The molecule has 0 bridgehead atoms. The number of nitrogens with one attached hydrogen (secondary N) is 2. The average molecular weight is 373 g/mol. The minimum absolute atomic E-state index is 0.0269. The molecule has 3 heterocycles. The Hall–Kier alpha value is -2.99. The van der Waals surface area contributed by atoms with E-state index in [1.807, 2.05) is 36.4 Å². The third-order valence-corrected chi connectivity index (χ3v) is 5.83. The molecule has 0 saturated heterocycles. The van der Waals surface area contributed by atoms with Crippen molar-refractivity contribution in [3.05, 3.63) is 58.9 Å². The fourth-order valence-electron chi connectivity index (χ4n) is 4.02. The lowest BCUT2D eigenvalue weighted by atomic mass is 9.93. The maximum absolute atomic E-state index is 13.1. The van der Waals surface area contributed by atoms with Crippen molar-refractivity contribution in [2.24, 2.45) is 10.7 Å². The Morgan fingerprint density at radius 1 is 1.25 bits per heavy atom. The molecule has 1 aromatic heterocycles. The van der Waals surface area contributed by atoms with Crippen LogP contribution in [0.15, 0.2) is 41.5 Å². The average Bonchev–Trinajstić information content (AvgIpc) is 3.52. The predicted molar refractivity (Wildman–Crippen MR) is 111 cm³/mol. The topological polar surface area (TPSA) is 92.4 Å². The number of nitrogens with zero attached hydrogens (tertiary/aromatic N) is 2.